The number of carbonyl (C=O) groups is 1. The van der Waals surface area contributed by atoms with Crippen molar-refractivity contribution >= 4 is 15.6 Å². The lowest BCUT2D eigenvalue weighted by atomic mass is 9.95. The van der Waals surface area contributed by atoms with Gasteiger partial charge in [0, 0.05) is 11.1 Å². The summed E-state index contributed by atoms with van der Waals surface area (Å²) in [5, 5.41) is 0. The standard InChI is InChI=1S/C16H14O3S/c1-10-6-7-13-12(8-10)9-20(18,19)14-5-3-4-11(2)15(14)16(13)17/h3-8H,9H2,1-2H3. The fourth-order valence-corrected chi connectivity index (χ4v) is 4.33. The summed E-state index contributed by atoms with van der Waals surface area (Å²) < 4.78 is 25.0. The molecule has 0 saturated heterocycles. The molecule has 2 aromatic carbocycles. The fraction of sp³-hybridized carbons (Fsp3) is 0.188. The highest BCUT2D eigenvalue weighted by molar-refractivity contribution is 7.90. The first-order valence-electron chi connectivity index (χ1n) is 6.37. The van der Waals surface area contributed by atoms with Crippen LogP contribution in [0.4, 0.5) is 0 Å². The molecule has 1 aliphatic heterocycles. The van der Waals surface area contributed by atoms with Gasteiger partial charge < -0.3 is 0 Å². The Balaban J connectivity index is 2.41. The monoisotopic (exact) mass is 286 g/mol. The van der Waals surface area contributed by atoms with Crippen LogP contribution in [0.15, 0.2) is 41.3 Å². The number of rotatable bonds is 0. The van der Waals surface area contributed by atoms with Crippen LogP contribution in [0.25, 0.3) is 0 Å². The third-order valence-corrected chi connectivity index (χ3v) is 5.35. The van der Waals surface area contributed by atoms with Crippen molar-refractivity contribution in [3.05, 3.63) is 64.2 Å². The van der Waals surface area contributed by atoms with Gasteiger partial charge in [-0.25, -0.2) is 8.42 Å². The molecular formula is C16H14O3S. The van der Waals surface area contributed by atoms with E-state index in [4.69, 9.17) is 0 Å². The van der Waals surface area contributed by atoms with Crippen LogP contribution in [0.1, 0.15) is 32.6 Å². The van der Waals surface area contributed by atoms with Crippen molar-refractivity contribution in [2.45, 2.75) is 24.5 Å². The molecule has 20 heavy (non-hydrogen) atoms. The number of carbonyl (C=O) groups excluding carboxylic acids is 1. The van der Waals surface area contributed by atoms with Gasteiger partial charge in [-0.15, -0.1) is 0 Å². The van der Waals surface area contributed by atoms with Crippen molar-refractivity contribution in [3.8, 4) is 0 Å². The normalized spacial score (nSPS) is 16.2. The lowest BCUT2D eigenvalue weighted by Crippen LogP contribution is -2.08. The molecule has 102 valence electrons. The Kier molecular flexibility index (Phi) is 2.80. The number of aryl methyl sites for hydroxylation is 2. The van der Waals surface area contributed by atoms with E-state index < -0.39 is 9.84 Å². The Labute approximate surface area is 118 Å². The summed E-state index contributed by atoms with van der Waals surface area (Å²) >= 11 is 0. The third kappa shape index (κ3) is 1.88. The molecule has 0 bridgehead atoms. The van der Waals surface area contributed by atoms with Crippen LogP contribution < -0.4 is 0 Å². The second-order valence-corrected chi connectivity index (χ2v) is 7.15. The zero-order valence-corrected chi connectivity index (χ0v) is 12.1. The van der Waals surface area contributed by atoms with Crippen LogP contribution in [-0.2, 0) is 15.6 Å². The van der Waals surface area contributed by atoms with Crippen LogP contribution in [-0.4, -0.2) is 14.2 Å². The maximum Gasteiger partial charge on any atom is 0.194 e. The van der Waals surface area contributed by atoms with Crippen molar-refractivity contribution in [1.82, 2.24) is 0 Å². The van der Waals surface area contributed by atoms with Gasteiger partial charge in [-0.2, -0.15) is 0 Å². The van der Waals surface area contributed by atoms with Crippen molar-refractivity contribution in [2.24, 2.45) is 0 Å². The molecule has 0 fully saturated rings. The van der Waals surface area contributed by atoms with Crippen LogP contribution in [0.3, 0.4) is 0 Å². The van der Waals surface area contributed by atoms with Gasteiger partial charge in [0.05, 0.1) is 10.6 Å². The van der Waals surface area contributed by atoms with Crippen molar-refractivity contribution in [3.63, 3.8) is 0 Å². The first kappa shape index (κ1) is 13.1. The summed E-state index contributed by atoms with van der Waals surface area (Å²) in [6.45, 7) is 3.66. The molecule has 0 atom stereocenters. The molecule has 1 aliphatic rings. The Bertz CT molecular complexity index is 833. The Morgan fingerprint density at radius 2 is 1.80 bits per heavy atom. The SMILES string of the molecule is Cc1ccc2c(c1)CS(=O)(=O)c1cccc(C)c1C2=O. The molecule has 4 heteroatoms. The van der Waals surface area contributed by atoms with Crippen molar-refractivity contribution in [1.29, 1.82) is 0 Å². The summed E-state index contributed by atoms with van der Waals surface area (Å²) in [7, 11) is -3.48. The predicted molar refractivity (Wildman–Crippen MR) is 76.7 cm³/mol. The van der Waals surface area contributed by atoms with Crippen LogP contribution in [0, 0.1) is 13.8 Å². The highest BCUT2D eigenvalue weighted by Crippen LogP contribution is 2.31. The highest BCUT2D eigenvalue weighted by atomic mass is 32.2. The zero-order valence-electron chi connectivity index (χ0n) is 11.3. The molecular weight excluding hydrogens is 272 g/mol. The molecule has 0 amide bonds. The molecule has 0 spiro atoms. The maximum absolute atomic E-state index is 12.7. The fourth-order valence-electron chi connectivity index (χ4n) is 2.67. The minimum atomic E-state index is -3.48. The van der Waals surface area contributed by atoms with Gasteiger partial charge in [0.2, 0.25) is 0 Å². The Morgan fingerprint density at radius 1 is 1.05 bits per heavy atom. The summed E-state index contributed by atoms with van der Waals surface area (Å²) in [6.07, 6.45) is 0. The average molecular weight is 286 g/mol. The van der Waals surface area contributed by atoms with Gasteiger partial charge in [-0.3, -0.25) is 4.79 Å². The van der Waals surface area contributed by atoms with Gasteiger partial charge >= 0.3 is 0 Å². The molecule has 2 aromatic rings. The predicted octanol–water partition coefficient (Wildman–Crippen LogP) is 2.82. The quantitative estimate of drug-likeness (QED) is 0.748. The largest absolute Gasteiger partial charge is 0.289 e. The first-order valence-corrected chi connectivity index (χ1v) is 8.02. The lowest BCUT2D eigenvalue weighted by molar-refractivity contribution is 0.103. The molecule has 0 aromatic heterocycles. The van der Waals surface area contributed by atoms with Crippen molar-refractivity contribution in [2.75, 3.05) is 0 Å². The minimum Gasteiger partial charge on any atom is -0.289 e. The van der Waals surface area contributed by atoms with Gasteiger partial charge in [-0.05, 0) is 31.0 Å². The number of benzene rings is 2. The van der Waals surface area contributed by atoms with Crippen LogP contribution in [0.5, 0.6) is 0 Å². The smallest absolute Gasteiger partial charge is 0.194 e. The number of ketones is 1. The number of hydrogen-bond acceptors (Lipinski definition) is 3. The van der Waals surface area contributed by atoms with E-state index in [1.165, 1.54) is 6.07 Å². The van der Waals surface area contributed by atoms with Gasteiger partial charge in [0.25, 0.3) is 0 Å². The zero-order chi connectivity index (χ0) is 14.5. The third-order valence-electron chi connectivity index (χ3n) is 3.65. The van der Waals surface area contributed by atoms with Crippen LogP contribution >= 0.6 is 0 Å². The van der Waals surface area contributed by atoms with Gasteiger partial charge in [0.1, 0.15) is 0 Å². The van der Waals surface area contributed by atoms with E-state index in [0.29, 0.717) is 22.3 Å². The molecule has 0 saturated carbocycles. The van der Waals surface area contributed by atoms with E-state index in [1.54, 1.807) is 31.2 Å². The van der Waals surface area contributed by atoms with Crippen LogP contribution in [0.2, 0.25) is 0 Å². The van der Waals surface area contributed by atoms with Gasteiger partial charge in [0.15, 0.2) is 15.6 Å². The summed E-state index contributed by atoms with van der Waals surface area (Å²) in [5.74, 6) is -0.319. The molecule has 3 nitrogen and oxygen atoms in total. The highest BCUT2D eigenvalue weighted by Gasteiger charge is 2.31. The second-order valence-electron chi connectivity index (χ2n) is 5.20. The number of fused-ring (bicyclic) bond motifs is 2. The molecule has 0 radical (unpaired) electrons. The van der Waals surface area contributed by atoms with E-state index in [1.807, 2.05) is 13.0 Å². The Hall–Kier alpha value is -1.94. The molecule has 0 N–H and O–H groups in total. The Morgan fingerprint density at radius 3 is 2.55 bits per heavy atom. The first-order chi connectivity index (χ1) is 9.40. The van der Waals surface area contributed by atoms with E-state index in [9.17, 15) is 13.2 Å². The van der Waals surface area contributed by atoms with Gasteiger partial charge in [-0.1, -0.05) is 35.9 Å². The molecule has 3 rings (SSSR count). The summed E-state index contributed by atoms with van der Waals surface area (Å²) in [4.78, 5) is 12.8. The number of sulfone groups is 1. The van der Waals surface area contributed by atoms with E-state index in [-0.39, 0.29) is 16.4 Å². The topological polar surface area (TPSA) is 51.2 Å². The summed E-state index contributed by atoms with van der Waals surface area (Å²) in [5.41, 5.74) is 3.05. The molecule has 0 aliphatic carbocycles. The molecule has 1 heterocycles. The van der Waals surface area contributed by atoms with E-state index >= 15 is 0 Å². The minimum absolute atomic E-state index is 0.119. The van der Waals surface area contributed by atoms with E-state index in [0.717, 1.165) is 5.56 Å². The molecule has 0 unspecified atom stereocenters. The maximum atomic E-state index is 12.7. The lowest BCUT2D eigenvalue weighted by Gasteiger charge is -2.07. The van der Waals surface area contributed by atoms with Crippen molar-refractivity contribution < 1.29 is 13.2 Å². The van der Waals surface area contributed by atoms with E-state index in [2.05, 4.69) is 0 Å². The average Bonchev–Trinajstić information content (AvgIpc) is 2.44. The second kappa shape index (κ2) is 4.28. The number of hydrogen-bond donors (Lipinski definition) is 0. The summed E-state index contributed by atoms with van der Waals surface area (Å²) in [6, 6.07) is 10.3.